The quantitative estimate of drug-likeness (QED) is 0.106. The van der Waals surface area contributed by atoms with Gasteiger partial charge in [-0.2, -0.15) is 0 Å². The van der Waals surface area contributed by atoms with Crippen LogP contribution in [0.25, 0.3) is 0 Å². The van der Waals surface area contributed by atoms with E-state index < -0.39 is 36.0 Å². The molecule has 2 aliphatic rings. The molecule has 2 atom stereocenters. The van der Waals surface area contributed by atoms with E-state index >= 15 is 4.39 Å². The molecule has 4 aromatic carbocycles. The average Bonchev–Trinajstić information content (AvgIpc) is 3.74. The molecule has 2 N–H and O–H groups in total. The van der Waals surface area contributed by atoms with Crippen LogP contribution in [0.2, 0.25) is 0 Å². The molecule has 6 rings (SSSR count). The van der Waals surface area contributed by atoms with Gasteiger partial charge in [-0.15, -0.1) is 0 Å². The Morgan fingerprint density at radius 3 is 1.71 bits per heavy atom. The van der Waals surface area contributed by atoms with Gasteiger partial charge in [-0.25, -0.2) is 23.2 Å². The van der Waals surface area contributed by atoms with Crippen LogP contribution in [0.5, 0.6) is 0 Å². The van der Waals surface area contributed by atoms with Gasteiger partial charge in [0.2, 0.25) is 0 Å². The lowest BCUT2D eigenvalue weighted by Gasteiger charge is -2.24. The van der Waals surface area contributed by atoms with Crippen molar-refractivity contribution in [2.24, 2.45) is 0 Å². The molecule has 0 saturated carbocycles. The van der Waals surface area contributed by atoms with Crippen LogP contribution in [0.1, 0.15) is 50.7 Å². The number of nitrogens with two attached hydrogens (primary N) is 1. The number of nitrogen functional groups attached to an aromatic ring is 1. The largest absolute Gasteiger partial charge is 0.444 e. The van der Waals surface area contributed by atoms with Gasteiger partial charge in [-0.3, -0.25) is 14.7 Å². The second-order valence-corrected chi connectivity index (χ2v) is 13.2. The van der Waals surface area contributed by atoms with Crippen molar-refractivity contribution in [1.29, 1.82) is 0 Å². The summed E-state index contributed by atoms with van der Waals surface area (Å²) in [5, 5.41) is 0. The van der Waals surface area contributed by atoms with Gasteiger partial charge in [-0.1, -0.05) is 60.7 Å². The van der Waals surface area contributed by atoms with Gasteiger partial charge < -0.3 is 29.5 Å². The zero-order valence-electron chi connectivity index (χ0n) is 30.5. The maximum atomic E-state index is 15.4. The average molecular weight is 757 g/mol. The summed E-state index contributed by atoms with van der Waals surface area (Å²) in [6.07, 6.45) is -1.04. The fraction of sp³-hybridized carbons (Fsp3) is 0.293. The normalized spacial score (nSPS) is 16.1. The van der Waals surface area contributed by atoms with Crippen LogP contribution < -0.4 is 20.4 Å². The van der Waals surface area contributed by atoms with Crippen LogP contribution in [-0.4, -0.2) is 55.1 Å². The van der Waals surface area contributed by atoms with Crippen molar-refractivity contribution >= 4 is 52.6 Å². The topological polar surface area (TPSA) is 149 Å². The van der Waals surface area contributed by atoms with E-state index in [1.54, 1.807) is 12.1 Å². The zero-order chi connectivity index (χ0) is 39.5. The van der Waals surface area contributed by atoms with Crippen LogP contribution in [0.4, 0.5) is 45.9 Å². The van der Waals surface area contributed by atoms with Crippen LogP contribution in [0.3, 0.4) is 0 Å². The Hall–Kier alpha value is -6.31. The van der Waals surface area contributed by atoms with Crippen LogP contribution >= 0.6 is 0 Å². The number of anilines is 4. The summed E-state index contributed by atoms with van der Waals surface area (Å²) < 4.78 is 44.7. The molecule has 2 saturated heterocycles. The standard InChI is InChI=1S/C28H27FN2O5.C13H15FN2O3/c1-20(32)12-14-24-18-30(28(34)36-24)23-13-15-26(25(29)16-23)31(17-21-8-4-2-5-9-21)27(33)35-19-22-10-6-3-7-11-22;1-8(17)2-4-10-7-16(13(18)19-10)9-3-5-12(15)11(14)6-9/h2-11,13,15-16,24H,12,14,17-19H2,1H3;3,5-6,10H,2,4,7,15H2,1H3/t24-;10-/m00/s1. The molecule has 0 aromatic heterocycles. The number of hydrogen-bond donors (Lipinski definition) is 1. The molecule has 0 aliphatic carbocycles. The number of halogens is 2. The van der Waals surface area contributed by atoms with Gasteiger partial charge in [0, 0.05) is 12.8 Å². The number of cyclic esters (lactones) is 2. The summed E-state index contributed by atoms with van der Waals surface area (Å²) in [7, 11) is 0. The number of ether oxygens (including phenoxy) is 3. The van der Waals surface area contributed by atoms with Gasteiger partial charge in [0.05, 0.1) is 42.4 Å². The van der Waals surface area contributed by atoms with E-state index in [0.29, 0.717) is 43.6 Å². The van der Waals surface area contributed by atoms with E-state index in [1.165, 1.54) is 52.8 Å². The van der Waals surface area contributed by atoms with Crippen LogP contribution in [-0.2, 0) is 37.0 Å². The maximum absolute atomic E-state index is 15.4. The summed E-state index contributed by atoms with van der Waals surface area (Å²) in [6.45, 7) is 3.65. The lowest BCUT2D eigenvalue weighted by Crippen LogP contribution is -2.32. The Kier molecular flexibility index (Phi) is 13.5. The summed E-state index contributed by atoms with van der Waals surface area (Å²) in [5.41, 5.74) is 7.77. The second-order valence-electron chi connectivity index (χ2n) is 13.2. The van der Waals surface area contributed by atoms with E-state index in [9.17, 15) is 28.4 Å². The number of carbonyl (C=O) groups excluding carboxylic acids is 5. The molecule has 0 unspecified atom stereocenters. The number of benzene rings is 4. The minimum absolute atomic E-state index is 0.0116. The molecule has 2 heterocycles. The van der Waals surface area contributed by atoms with Crippen molar-refractivity contribution < 1.29 is 47.0 Å². The third kappa shape index (κ3) is 11.1. The third-order valence-electron chi connectivity index (χ3n) is 8.82. The van der Waals surface area contributed by atoms with Crippen molar-refractivity contribution in [3.8, 4) is 0 Å². The fourth-order valence-corrected chi connectivity index (χ4v) is 5.87. The molecular weight excluding hydrogens is 714 g/mol. The predicted octanol–water partition coefficient (Wildman–Crippen LogP) is 7.97. The number of amides is 3. The van der Waals surface area contributed by atoms with Gasteiger partial charge >= 0.3 is 18.3 Å². The van der Waals surface area contributed by atoms with Crippen molar-refractivity contribution in [2.75, 3.05) is 33.5 Å². The predicted molar refractivity (Wildman–Crippen MR) is 202 cm³/mol. The van der Waals surface area contributed by atoms with Gasteiger partial charge in [-0.05, 0) is 74.2 Å². The number of Topliss-reactive ketones (excluding diaryl/α,β-unsaturated/α-hetero) is 2. The minimum Gasteiger partial charge on any atom is -0.444 e. The van der Waals surface area contributed by atoms with Crippen molar-refractivity contribution in [2.45, 2.75) is 64.9 Å². The Morgan fingerprint density at radius 2 is 1.22 bits per heavy atom. The number of nitrogens with zero attached hydrogens (tertiary/aromatic N) is 3. The van der Waals surface area contributed by atoms with Crippen LogP contribution in [0, 0.1) is 11.6 Å². The van der Waals surface area contributed by atoms with E-state index in [1.807, 2.05) is 60.7 Å². The molecule has 2 fully saturated rings. The molecule has 4 aromatic rings. The lowest BCUT2D eigenvalue weighted by molar-refractivity contribution is -0.118. The van der Waals surface area contributed by atoms with Crippen molar-refractivity contribution in [3.63, 3.8) is 0 Å². The highest BCUT2D eigenvalue weighted by molar-refractivity contribution is 5.92. The highest BCUT2D eigenvalue weighted by Crippen LogP contribution is 2.31. The Labute approximate surface area is 317 Å². The number of ketones is 2. The summed E-state index contributed by atoms with van der Waals surface area (Å²) >= 11 is 0. The highest BCUT2D eigenvalue weighted by atomic mass is 19.1. The number of carbonyl (C=O) groups is 5. The van der Waals surface area contributed by atoms with E-state index in [0.717, 1.165) is 11.1 Å². The molecule has 0 spiro atoms. The molecule has 55 heavy (non-hydrogen) atoms. The van der Waals surface area contributed by atoms with E-state index in [4.69, 9.17) is 19.9 Å². The summed E-state index contributed by atoms with van der Waals surface area (Å²) in [5.74, 6) is -1.19. The molecular formula is C41H42F2N4O8. The van der Waals surface area contributed by atoms with Gasteiger partial charge in [0.1, 0.15) is 42.0 Å². The first kappa shape index (κ1) is 39.9. The Bertz CT molecular complexity index is 2000. The van der Waals surface area contributed by atoms with Crippen LogP contribution in [0.15, 0.2) is 97.1 Å². The molecule has 288 valence electrons. The molecule has 2 aliphatic heterocycles. The first-order chi connectivity index (χ1) is 26.4. The number of rotatable bonds is 13. The zero-order valence-corrected chi connectivity index (χ0v) is 30.5. The molecule has 3 amide bonds. The first-order valence-corrected chi connectivity index (χ1v) is 17.7. The Balaban J connectivity index is 0.000000256. The Morgan fingerprint density at radius 1 is 0.727 bits per heavy atom. The lowest BCUT2D eigenvalue weighted by atomic mass is 10.1. The maximum Gasteiger partial charge on any atom is 0.415 e. The van der Waals surface area contributed by atoms with Gasteiger partial charge in [0.25, 0.3) is 0 Å². The SMILES string of the molecule is CC(=O)CC[C@H]1CN(c2ccc(N(Cc3ccccc3)C(=O)OCc3ccccc3)c(F)c2)C(=O)O1.CC(=O)CC[C@H]1CN(c2ccc(N)c(F)c2)C(=O)O1. The summed E-state index contributed by atoms with van der Waals surface area (Å²) in [4.78, 5) is 63.1. The molecule has 0 bridgehead atoms. The fourth-order valence-electron chi connectivity index (χ4n) is 5.87. The van der Waals surface area contributed by atoms with Crippen molar-refractivity contribution in [1.82, 2.24) is 0 Å². The number of hydrogen-bond acceptors (Lipinski definition) is 9. The highest BCUT2D eigenvalue weighted by Gasteiger charge is 2.34. The third-order valence-corrected chi connectivity index (χ3v) is 8.82. The smallest absolute Gasteiger partial charge is 0.415 e. The molecule has 12 nitrogen and oxygen atoms in total. The molecule has 14 heteroatoms. The first-order valence-electron chi connectivity index (χ1n) is 17.7. The summed E-state index contributed by atoms with van der Waals surface area (Å²) in [6, 6.07) is 26.8. The molecule has 0 radical (unpaired) electrons. The van der Waals surface area contributed by atoms with Crippen molar-refractivity contribution in [3.05, 3.63) is 120 Å². The monoisotopic (exact) mass is 756 g/mol. The van der Waals surface area contributed by atoms with E-state index in [2.05, 4.69) is 0 Å². The second kappa shape index (κ2) is 18.6. The minimum atomic E-state index is -0.695. The van der Waals surface area contributed by atoms with Gasteiger partial charge in [0.15, 0.2) is 0 Å². The van der Waals surface area contributed by atoms with E-state index in [-0.39, 0.29) is 48.7 Å².